The maximum absolute atomic E-state index is 4.79. The number of hydrogen-bond acceptors (Lipinski definition) is 2. The minimum atomic E-state index is 0.115. The number of benzene rings is 1. The number of rotatable bonds is 1. The first-order valence-electron chi connectivity index (χ1n) is 6.49. The Labute approximate surface area is 110 Å². The van der Waals surface area contributed by atoms with E-state index in [1.54, 1.807) is 0 Å². The molecule has 1 aliphatic rings. The summed E-state index contributed by atoms with van der Waals surface area (Å²) in [6.45, 7) is 10.8. The molecule has 0 saturated carbocycles. The Morgan fingerprint density at radius 2 is 1.72 bits per heavy atom. The summed E-state index contributed by atoms with van der Waals surface area (Å²) in [5.41, 5.74) is 3.76. The lowest BCUT2D eigenvalue weighted by molar-refractivity contribution is 0.579. The van der Waals surface area contributed by atoms with E-state index in [1.807, 2.05) is 0 Å². The van der Waals surface area contributed by atoms with Crippen molar-refractivity contribution in [3.05, 3.63) is 42.1 Å². The summed E-state index contributed by atoms with van der Waals surface area (Å²) >= 11 is 0. The SMILES string of the molecule is Cc1ccc(N2C=CC(C(C)(C)C)=NC2C)cc1. The van der Waals surface area contributed by atoms with Gasteiger partial charge in [0.25, 0.3) is 0 Å². The van der Waals surface area contributed by atoms with Gasteiger partial charge in [0.05, 0.1) is 0 Å². The van der Waals surface area contributed by atoms with Crippen molar-refractivity contribution in [2.75, 3.05) is 4.90 Å². The zero-order valence-corrected chi connectivity index (χ0v) is 11.9. The quantitative estimate of drug-likeness (QED) is 0.722. The van der Waals surface area contributed by atoms with Gasteiger partial charge >= 0.3 is 0 Å². The first-order chi connectivity index (χ1) is 8.38. The monoisotopic (exact) mass is 242 g/mol. The predicted octanol–water partition coefficient (Wildman–Crippen LogP) is 4.16. The standard InChI is InChI=1S/C16H22N2/c1-12-6-8-14(9-7-12)18-11-10-15(16(3,4)5)17-13(18)2/h6-11,13H,1-5H3. The molecule has 0 aliphatic carbocycles. The summed E-state index contributed by atoms with van der Waals surface area (Å²) in [7, 11) is 0. The van der Waals surface area contributed by atoms with E-state index in [0.717, 1.165) is 0 Å². The summed E-state index contributed by atoms with van der Waals surface area (Å²) in [5.74, 6) is 0. The lowest BCUT2D eigenvalue weighted by Gasteiger charge is -2.32. The number of allylic oxidation sites excluding steroid dienone is 1. The highest BCUT2D eigenvalue weighted by atomic mass is 15.2. The molecule has 0 saturated heterocycles. The molecule has 0 amide bonds. The molecule has 96 valence electrons. The third-order valence-corrected chi connectivity index (χ3v) is 3.22. The fourth-order valence-electron chi connectivity index (χ4n) is 2.04. The third kappa shape index (κ3) is 2.63. The van der Waals surface area contributed by atoms with Crippen LogP contribution in [-0.2, 0) is 0 Å². The van der Waals surface area contributed by atoms with Crippen LogP contribution in [0.4, 0.5) is 5.69 Å². The van der Waals surface area contributed by atoms with E-state index in [9.17, 15) is 0 Å². The molecule has 0 aromatic heterocycles. The van der Waals surface area contributed by atoms with Gasteiger partial charge in [-0.15, -0.1) is 0 Å². The Hall–Kier alpha value is -1.57. The first kappa shape index (κ1) is 12.9. The van der Waals surface area contributed by atoms with E-state index in [1.165, 1.54) is 17.0 Å². The van der Waals surface area contributed by atoms with Crippen LogP contribution in [0.2, 0.25) is 0 Å². The summed E-state index contributed by atoms with van der Waals surface area (Å²) < 4.78 is 0. The van der Waals surface area contributed by atoms with E-state index < -0.39 is 0 Å². The van der Waals surface area contributed by atoms with E-state index in [-0.39, 0.29) is 11.6 Å². The van der Waals surface area contributed by atoms with Gasteiger partial charge in [-0.2, -0.15) is 0 Å². The van der Waals surface area contributed by atoms with Crippen LogP contribution in [-0.4, -0.2) is 11.9 Å². The molecule has 0 spiro atoms. The van der Waals surface area contributed by atoms with E-state index in [0.29, 0.717) is 0 Å². The molecule has 1 aromatic carbocycles. The van der Waals surface area contributed by atoms with Crippen LogP contribution < -0.4 is 4.90 Å². The highest BCUT2D eigenvalue weighted by Gasteiger charge is 2.22. The molecule has 0 bridgehead atoms. The minimum absolute atomic E-state index is 0.115. The van der Waals surface area contributed by atoms with Crippen molar-refractivity contribution in [1.82, 2.24) is 0 Å². The summed E-state index contributed by atoms with van der Waals surface area (Å²) in [6.07, 6.45) is 4.43. The van der Waals surface area contributed by atoms with Gasteiger partial charge in [-0.1, -0.05) is 38.5 Å². The summed E-state index contributed by atoms with van der Waals surface area (Å²) in [5, 5.41) is 0. The van der Waals surface area contributed by atoms with Crippen molar-refractivity contribution in [2.45, 2.75) is 40.8 Å². The second kappa shape index (κ2) is 4.60. The van der Waals surface area contributed by atoms with E-state index in [4.69, 9.17) is 4.99 Å². The first-order valence-corrected chi connectivity index (χ1v) is 6.49. The lowest BCUT2D eigenvalue weighted by Crippen LogP contribution is -2.33. The fourth-order valence-corrected chi connectivity index (χ4v) is 2.04. The largest absolute Gasteiger partial charge is 0.326 e. The number of aryl methyl sites for hydroxylation is 1. The van der Waals surface area contributed by atoms with Gasteiger partial charge < -0.3 is 4.90 Å². The Balaban J connectivity index is 2.23. The van der Waals surface area contributed by atoms with Gasteiger partial charge in [0.2, 0.25) is 0 Å². The molecular formula is C16H22N2. The van der Waals surface area contributed by atoms with E-state index >= 15 is 0 Å². The molecule has 1 unspecified atom stereocenters. The zero-order valence-electron chi connectivity index (χ0n) is 11.9. The second-order valence-corrected chi connectivity index (χ2v) is 5.95. The molecule has 0 radical (unpaired) electrons. The van der Waals surface area contributed by atoms with Crippen LogP contribution in [0.3, 0.4) is 0 Å². The van der Waals surface area contributed by atoms with Crippen LogP contribution in [0.15, 0.2) is 41.5 Å². The summed E-state index contributed by atoms with van der Waals surface area (Å²) in [6, 6.07) is 8.57. The Kier molecular flexibility index (Phi) is 3.29. The molecule has 1 heterocycles. The topological polar surface area (TPSA) is 15.6 Å². The zero-order chi connectivity index (χ0) is 13.3. The van der Waals surface area contributed by atoms with Crippen molar-refractivity contribution in [1.29, 1.82) is 0 Å². The summed E-state index contributed by atoms with van der Waals surface area (Å²) in [4.78, 5) is 6.99. The molecule has 2 rings (SSSR count). The molecule has 1 aromatic rings. The fraction of sp³-hybridized carbons (Fsp3) is 0.438. The number of aliphatic imine (C=N–C) groups is 1. The number of anilines is 1. The average Bonchev–Trinajstić information content (AvgIpc) is 2.29. The van der Waals surface area contributed by atoms with Crippen LogP contribution >= 0.6 is 0 Å². The maximum atomic E-state index is 4.79. The minimum Gasteiger partial charge on any atom is -0.326 e. The number of nitrogens with zero attached hydrogens (tertiary/aromatic N) is 2. The normalized spacial score (nSPS) is 19.9. The molecule has 1 aliphatic heterocycles. The van der Waals surface area contributed by atoms with Gasteiger partial charge in [0.15, 0.2) is 0 Å². The van der Waals surface area contributed by atoms with Crippen molar-refractivity contribution >= 4 is 11.4 Å². The average molecular weight is 242 g/mol. The highest BCUT2D eigenvalue weighted by Crippen LogP contribution is 2.26. The van der Waals surface area contributed by atoms with Gasteiger partial charge in [0, 0.05) is 23.0 Å². The van der Waals surface area contributed by atoms with Gasteiger partial charge in [0.1, 0.15) is 6.17 Å². The van der Waals surface area contributed by atoms with Crippen LogP contribution in [0.25, 0.3) is 0 Å². The van der Waals surface area contributed by atoms with Gasteiger partial charge in [-0.3, -0.25) is 4.99 Å². The van der Waals surface area contributed by atoms with Crippen LogP contribution in [0, 0.1) is 12.3 Å². The molecule has 2 nitrogen and oxygen atoms in total. The molecule has 2 heteroatoms. The Morgan fingerprint density at radius 1 is 1.11 bits per heavy atom. The van der Waals surface area contributed by atoms with Crippen molar-refractivity contribution in [3.8, 4) is 0 Å². The van der Waals surface area contributed by atoms with Crippen molar-refractivity contribution in [3.63, 3.8) is 0 Å². The smallest absolute Gasteiger partial charge is 0.122 e. The van der Waals surface area contributed by atoms with Gasteiger partial charge in [-0.25, -0.2) is 0 Å². The van der Waals surface area contributed by atoms with Crippen molar-refractivity contribution in [2.24, 2.45) is 10.4 Å². The molecule has 0 fully saturated rings. The third-order valence-electron chi connectivity index (χ3n) is 3.22. The molecular weight excluding hydrogens is 220 g/mol. The molecule has 0 N–H and O–H groups in total. The highest BCUT2D eigenvalue weighted by molar-refractivity contribution is 6.00. The predicted molar refractivity (Wildman–Crippen MR) is 79.2 cm³/mol. The maximum Gasteiger partial charge on any atom is 0.122 e. The lowest BCUT2D eigenvalue weighted by atomic mass is 9.89. The van der Waals surface area contributed by atoms with Crippen molar-refractivity contribution < 1.29 is 0 Å². The second-order valence-electron chi connectivity index (χ2n) is 5.95. The van der Waals surface area contributed by atoms with Crippen LogP contribution in [0.1, 0.15) is 33.3 Å². The van der Waals surface area contributed by atoms with Crippen LogP contribution in [0.5, 0.6) is 0 Å². The van der Waals surface area contributed by atoms with Gasteiger partial charge in [-0.05, 0) is 32.1 Å². The Bertz CT molecular complexity index is 475. The Morgan fingerprint density at radius 3 is 2.22 bits per heavy atom. The molecule has 18 heavy (non-hydrogen) atoms. The number of hydrogen-bond donors (Lipinski definition) is 0. The molecule has 1 atom stereocenters. The van der Waals surface area contributed by atoms with E-state index in [2.05, 4.69) is 76.1 Å².